The summed E-state index contributed by atoms with van der Waals surface area (Å²) in [5, 5.41) is 10.2. The maximum Gasteiger partial charge on any atom is 0.128 e. The third kappa shape index (κ3) is 4.50. The van der Waals surface area contributed by atoms with Crippen LogP contribution >= 0.6 is 0 Å². The van der Waals surface area contributed by atoms with Gasteiger partial charge in [-0.3, -0.25) is 4.90 Å². The van der Waals surface area contributed by atoms with Gasteiger partial charge in [0.1, 0.15) is 5.82 Å². The van der Waals surface area contributed by atoms with Crippen molar-refractivity contribution in [1.29, 1.82) is 0 Å². The third-order valence-electron chi connectivity index (χ3n) is 4.45. The van der Waals surface area contributed by atoms with Crippen LogP contribution in [0.3, 0.4) is 0 Å². The highest BCUT2D eigenvalue weighted by molar-refractivity contribution is 5.19. The Labute approximate surface area is 127 Å². The SMILES string of the molecule is CCC1CN(C)CCCN1CCC(O)c1ccccc1F. The summed E-state index contributed by atoms with van der Waals surface area (Å²) in [5.41, 5.74) is 0.414. The molecule has 3 nitrogen and oxygen atoms in total. The second-order valence-corrected chi connectivity index (χ2v) is 6.04. The number of nitrogens with zero attached hydrogens (tertiary/aromatic N) is 2. The molecule has 0 aliphatic carbocycles. The molecule has 1 N–H and O–H groups in total. The number of halogens is 1. The number of aliphatic hydroxyl groups is 1. The standard InChI is InChI=1S/C17H27FN2O/c1-3-14-13-19(2)10-6-11-20(14)12-9-17(21)15-7-4-5-8-16(15)18/h4-5,7-8,14,17,21H,3,6,9-13H2,1-2H3. The molecule has 0 bridgehead atoms. The van der Waals surface area contributed by atoms with Crippen molar-refractivity contribution in [2.24, 2.45) is 0 Å². The lowest BCUT2D eigenvalue weighted by Crippen LogP contribution is -2.40. The molecule has 1 aliphatic rings. The molecule has 2 atom stereocenters. The van der Waals surface area contributed by atoms with Gasteiger partial charge in [-0.25, -0.2) is 4.39 Å². The van der Waals surface area contributed by atoms with Crippen LogP contribution in [0.1, 0.15) is 37.9 Å². The summed E-state index contributed by atoms with van der Waals surface area (Å²) in [6, 6.07) is 7.05. The van der Waals surface area contributed by atoms with E-state index in [9.17, 15) is 9.50 Å². The number of hydrogen-bond acceptors (Lipinski definition) is 3. The Morgan fingerprint density at radius 2 is 2.10 bits per heavy atom. The van der Waals surface area contributed by atoms with Crippen LogP contribution in [-0.2, 0) is 0 Å². The summed E-state index contributed by atoms with van der Waals surface area (Å²) in [6.45, 7) is 6.30. The van der Waals surface area contributed by atoms with Crippen LogP contribution in [0.5, 0.6) is 0 Å². The molecule has 1 aromatic carbocycles. The summed E-state index contributed by atoms with van der Waals surface area (Å²) in [5.74, 6) is -0.312. The molecule has 4 heteroatoms. The van der Waals surface area contributed by atoms with Gasteiger partial charge >= 0.3 is 0 Å². The molecule has 21 heavy (non-hydrogen) atoms. The van der Waals surface area contributed by atoms with Gasteiger partial charge in [-0.05, 0) is 45.5 Å². The molecule has 0 aromatic heterocycles. The molecule has 2 rings (SSSR count). The predicted octanol–water partition coefficient (Wildman–Crippen LogP) is 2.67. The lowest BCUT2D eigenvalue weighted by molar-refractivity contribution is 0.118. The molecular weight excluding hydrogens is 267 g/mol. The Kier molecular flexibility index (Phi) is 6.15. The zero-order valence-corrected chi connectivity index (χ0v) is 13.1. The van der Waals surface area contributed by atoms with E-state index in [4.69, 9.17) is 0 Å². The monoisotopic (exact) mass is 294 g/mol. The minimum absolute atomic E-state index is 0.312. The van der Waals surface area contributed by atoms with E-state index in [1.807, 2.05) is 0 Å². The number of benzene rings is 1. The first kappa shape index (κ1) is 16.4. The van der Waals surface area contributed by atoms with Crippen LogP contribution in [0.2, 0.25) is 0 Å². The van der Waals surface area contributed by atoms with Crippen LogP contribution in [-0.4, -0.2) is 54.2 Å². The van der Waals surface area contributed by atoms with Crippen LogP contribution in [0.4, 0.5) is 4.39 Å². The van der Waals surface area contributed by atoms with Gasteiger partial charge in [-0.2, -0.15) is 0 Å². The number of rotatable bonds is 5. The third-order valence-corrected chi connectivity index (χ3v) is 4.45. The first-order valence-electron chi connectivity index (χ1n) is 7.97. The first-order chi connectivity index (χ1) is 10.1. The highest BCUT2D eigenvalue weighted by atomic mass is 19.1. The topological polar surface area (TPSA) is 26.7 Å². The van der Waals surface area contributed by atoms with E-state index in [1.54, 1.807) is 18.2 Å². The second-order valence-electron chi connectivity index (χ2n) is 6.04. The van der Waals surface area contributed by atoms with Gasteiger partial charge in [0.05, 0.1) is 6.10 Å². The van der Waals surface area contributed by atoms with Crippen LogP contribution < -0.4 is 0 Å². The molecule has 0 saturated carbocycles. The molecule has 0 spiro atoms. The van der Waals surface area contributed by atoms with Crippen LogP contribution in [0.25, 0.3) is 0 Å². The normalized spacial score (nSPS) is 23.0. The molecule has 1 aliphatic heterocycles. The van der Waals surface area contributed by atoms with Gasteiger partial charge < -0.3 is 10.0 Å². The summed E-state index contributed by atoms with van der Waals surface area (Å²) >= 11 is 0. The fraction of sp³-hybridized carbons (Fsp3) is 0.647. The van der Waals surface area contributed by atoms with E-state index in [1.165, 1.54) is 6.07 Å². The summed E-state index contributed by atoms with van der Waals surface area (Å²) in [6.07, 6.45) is 2.13. The van der Waals surface area contributed by atoms with E-state index in [2.05, 4.69) is 23.8 Å². The minimum atomic E-state index is -0.718. The lowest BCUT2D eigenvalue weighted by atomic mass is 10.0. The predicted molar refractivity (Wildman–Crippen MR) is 83.7 cm³/mol. The van der Waals surface area contributed by atoms with Crippen molar-refractivity contribution in [3.63, 3.8) is 0 Å². The van der Waals surface area contributed by atoms with E-state index in [0.717, 1.165) is 39.0 Å². The summed E-state index contributed by atoms with van der Waals surface area (Å²) in [7, 11) is 2.17. The maximum atomic E-state index is 13.7. The van der Waals surface area contributed by atoms with Crippen molar-refractivity contribution in [2.45, 2.75) is 38.3 Å². The quantitative estimate of drug-likeness (QED) is 0.904. The average Bonchev–Trinajstić information content (AvgIpc) is 2.66. The smallest absolute Gasteiger partial charge is 0.128 e. The second kappa shape index (κ2) is 7.87. The Hall–Kier alpha value is -0.970. The van der Waals surface area contributed by atoms with Gasteiger partial charge in [-0.15, -0.1) is 0 Å². The van der Waals surface area contributed by atoms with Gasteiger partial charge in [0, 0.05) is 24.7 Å². The average molecular weight is 294 g/mol. The van der Waals surface area contributed by atoms with E-state index >= 15 is 0 Å². The molecule has 0 amide bonds. The largest absolute Gasteiger partial charge is 0.388 e. The minimum Gasteiger partial charge on any atom is -0.388 e. The van der Waals surface area contributed by atoms with E-state index in [0.29, 0.717) is 18.0 Å². The molecule has 118 valence electrons. The van der Waals surface area contributed by atoms with E-state index < -0.39 is 6.10 Å². The van der Waals surface area contributed by atoms with Crippen molar-refractivity contribution >= 4 is 0 Å². The van der Waals surface area contributed by atoms with Crippen molar-refractivity contribution in [1.82, 2.24) is 9.80 Å². The Balaban J connectivity index is 1.93. The van der Waals surface area contributed by atoms with E-state index in [-0.39, 0.29) is 5.82 Å². The summed E-state index contributed by atoms with van der Waals surface area (Å²) in [4.78, 5) is 4.83. The van der Waals surface area contributed by atoms with Crippen LogP contribution in [0, 0.1) is 5.82 Å². The molecule has 1 fully saturated rings. The molecule has 1 heterocycles. The first-order valence-corrected chi connectivity index (χ1v) is 7.97. The number of likely N-dealkylation sites (N-methyl/N-ethyl adjacent to an activating group) is 1. The van der Waals surface area contributed by atoms with Crippen molar-refractivity contribution < 1.29 is 9.50 Å². The van der Waals surface area contributed by atoms with Crippen molar-refractivity contribution in [3.8, 4) is 0 Å². The van der Waals surface area contributed by atoms with Gasteiger partial charge in [0.25, 0.3) is 0 Å². The fourth-order valence-corrected chi connectivity index (χ4v) is 3.16. The number of hydrogen-bond donors (Lipinski definition) is 1. The van der Waals surface area contributed by atoms with Crippen LogP contribution in [0.15, 0.2) is 24.3 Å². The fourth-order valence-electron chi connectivity index (χ4n) is 3.16. The number of aliphatic hydroxyl groups excluding tert-OH is 1. The molecule has 1 aromatic rings. The molecular formula is C17H27FN2O. The van der Waals surface area contributed by atoms with Gasteiger partial charge in [0.15, 0.2) is 0 Å². The zero-order valence-electron chi connectivity index (χ0n) is 13.1. The highest BCUT2D eigenvalue weighted by Crippen LogP contribution is 2.21. The summed E-state index contributed by atoms with van der Waals surface area (Å²) < 4.78 is 13.7. The maximum absolute atomic E-state index is 13.7. The lowest BCUT2D eigenvalue weighted by Gasteiger charge is -2.30. The molecule has 2 unspecified atom stereocenters. The Morgan fingerprint density at radius 3 is 2.81 bits per heavy atom. The van der Waals surface area contributed by atoms with Crippen molar-refractivity contribution in [2.75, 3.05) is 33.2 Å². The Bertz CT molecular complexity index is 441. The molecule has 0 radical (unpaired) electrons. The molecule has 1 saturated heterocycles. The zero-order chi connectivity index (χ0) is 15.2. The van der Waals surface area contributed by atoms with Crippen molar-refractivity contribution in [3.05, 3.63) is 35.6 Å². The highest BCUT2D eigenvalue weighted by Gasteiger charge is 2.23. The van der Waals surface area contributed by atoms with Gasteiger partial charge in [-0.1, -0.05) is 25.1 Å². The van der Waals surface area contributed by atoms with Gasteiger partial charge in [0.2, 0.25) is 0 Å². The Morgan fingerprint density at radius 1 is 1.33 bits per heavy atom.